The van der Waals surface area contributed by atoms with Gasteiger partial charge in [-0.05, 0) is 61.7 Å². The van der Waals surface area contributed by atoms with E-state index in [2.05, 4.69) is 33.4 Å². The number of ether oxygens (including phenoxy) is 3. The summed E-state index contributed by atoms with van der Waals surface area (Å²) in [7, 11) is 1.61. The molecule has 1 heterocycles. The van der Waals surface area contributed by atoms with Crippen LogP contribution in [0.4, 0.5) is 0 Å². The second-order valence-electron chi connectivity index (χ2n) is 7.06. The third-order valence-corrected chi connectivity index (χ3v) is 5.72. The fraction of sp³-hybridized carbons (Fsp3) is 0.409. The topological polar surface area (TPSA) is 56.8 Å². The molecule has 0 radical (unpaired) electrons. The molecule has 5 nitrogen and oxygen atoms in total. The minimum Gasteiger partial charge on any atom is -0.497 e. The molecule has 0 aliphatic carbocycles. The van der Waals surface area contributed by atoms with Crippen LogP contribution >= 0.6 is 15.9 Å². The first-order valence-corrected chi connectivity index (χ1v) is 10.2. The highest BCUT2D eigenvalue weighted by atomic mass is 79.9. The van der Waals surface area contributed by atoms with Gasteiger partial charge in [-0.15, -0.1) is 0 Å². The molecule has 1 amide bonds. The van der Waals surface area contributed by atoms with Gasteiger partial charge in [-0.25, -0.2) is 0 Å². The van der Waals surface area contributed by atoms with Crippen LogP contribution in [0.25, 0.3) is 0 Å². The van der Waals surface area contributed by atoms with Crippen LogP contribution in [0.2, 0.25) is 0 Å². The first-order chi connectivity index (χ1) is 13.5. The highest BCUT2D eigenvalue weighted by Crippen LogP contribution is 2.35. The van der Waals surface area contributed by atoms with E-state index in [4.69, 9.17) is 14.2 Å². The fourth-order valence-electron chi connectivity index (χ4n) is 3.46. The smallest absolute Gasteiger partial charge is 0.260 e. The average molecular weight is 448 g/mol. The van der Waals surface area contributed by atoms with Gasteiger partial charge in [-0.1, -0.05) is 28.1 Å². The zero-order valence-electron chi connectivity index (χ0n) is 16.2. The van der Waals surface area contributed by atoms with Gasteiger partial charge in [0, 0.05) is 29.6 Å². The molecule has 1 fully saturated rings. The lowest BCUT2D eigenvalue weighted by Crippen LogP contribution is -2.47. The van der Waals surface area contributed by atoms with Crippen molar-refractivity contribution in [3.63, 3.8) is 0 Å². The summed E-state index contributed by atoms with van der Waals surface area (Å²) in [5, 5.41) is 3.09. The Balaban J connectivity index is 1.64. The third-order valence-electron chi connectivity index (χ3n) is 5.23. The molecule has 2 aromatic carbocycles. The van der Waals surface area contributed by atoms with Crippen LogP contribution in [0.5, 0.6) is 11.5 Å². The van der Waals surface area contributed by atoms with Crippen molar-refractivity contribution in [3.05, 3.63) is 58.6 Å². The van der Waals surface area contributed by atoms with Crippen LogP contribution < -0.4 is 14.8 Å². The summed E-state index contributed by atoms with van der Waals surface area (Å²) in [6.45, 7) is 3.71. The second kappa shape index (κ2) is 9.43. The third kappa shape index (κ3) is 5.06. The lowest BCUT2D eigenvalue weighted by Gasteiger charge is -2.38. The summed E-state index contributed by atoms with van der Waals surface area (Å²) in [5.74, 6) is 1.26. The number of rotatable bonds is 7. The van der Waals surface area contributed by atoms with Crippen LogP contribution in [0.3, 0.4) is 0 Å². The molecule has 1 atom stereocenters. The Morgan fingerprint density at radius 1 is 1.18 bits per heavy atom. The molecule has 1 unspecified atom stereocenters. The van der Waals surface area contributed by atoms with E-state index >= 15 is 0 Å². The van der Waals surface area contributed by atoms with Gasteiger partial charge in [0.25, 0.3) is 5.91 Å². The highest BCUT2D eigenvalue weighted by Gasteiger charge is 2.35. The molecule has 2 aromatic rings. The molecular weight excluding hydrogens is 422 g/mol. The van der Waals surface area contributed by atoms with Crippen molar-refractivity contribution in [2.75, 3.05) is 26.9 Å². The van der Waals surface area contributed by atoms with Gasteiger partial charge >= 0.3 is 0 Å². The summed E-state index contributed by atoms with van der Waals surface area (Å²) in [6.07, 6.45) is 1.15. The Bertz CT molecular complexity index is 787. The molecule has 3 rings (SSSR count). The molecule has 0 saturated carbocycles. The molecule has 1 aliphatic rings. The largest absolute Gasteiger partial charge is 0.497 e. The Kier molecular flexibility index (Phi) is 6.97. The number of nitrogens with one attached hydrogen (secondary N) is 1. The minimum absolute atomic E-state index is 0.127. The number of hydrogen-bond acceptors (Lipinski definition) is 4. The molecule has 1 N–H and O–H groups in total. The number of carbonyl (C=O) groups excluding carboxylic acids is 1. The average Bonchev–Trinajstić information content (AvgIpc) is 2.73. The minimum atomic E-state index is -0.590. The molecule has 1 aliphatic heterocycles. The Morgan fingerprint density at radius 2 is 1.86 bits per heavy atom. The van der Waals surface area contributed by atoms with Crippen molar-refractivity contribution in [1.29, 1.82) is 0 Å². The summed E-state index contributed by atoms with van der Waals surface area (Å²) in [5.41, 5.74) is 1.09. The molecule has 150 valence electrons. The Hall–Kier alpha value is -2.05. The summed E-state index contributed by atoms with van der Waals surface area (Å²) >= 11 is 3.56. The van der Waals surface area contributed by atoms with Crippen molar-refractivity contribution in [1.82, 2.24) is 5.32 Å². The zero-order valence-corrected chi connectivity index (χ0v) is 17.8. The van der Waals surface area contributed by atoms with E-state index in [0.717, 1.165) is 23.1 Å². The summed E-state index contributed by atoms with van der Waals surface area (Å²) < 4.78 is 17.5. The van der Waals surface area contributed by atoms with E-state index in [1.54, 1.807) is 26.2 Å². The zero-order chi connectivity index (χ0) is 20.0. The maximum absolute atomic E-state index is 12.7. The Labute approximate surface area is 174 Å². The standard InChI is InChI=1S/C22H26BrNO4/c1-16(28-20-8-6-19(26-2)7-9-20)21(25)24-15-22(10-12-27-13-11-22)17-4-3-5-18(23)14-17/h3-9,14,16H,10-13,15H2,1-2H3,(H,24,25). The molecule has 0 bridgehead atoms. The van der Waals surface area contributed by atoms with Crippen molar-refractivity contribution < 1.29 is 19.0 Å². The summed E-state index contributed by atoms with van der Waals surface area (Å²) in [6, 6.07) is 15.5. The SMILES string of the molecule is COc1ccc(OC(C)C(=O)NCC2(c3cccc(Br)c3)CCOCC2)cc1. The van der Waals surface area contributed by atoms with E-state index in [1.165, 1.54) is 5.56 Å². The number of carbonyl (C=O) groups is 1. The molecule has 0 spiro atoms. The normalized spacial score (nSPS) is 16.8. The van der Waals surface area contributed by atoms with Gasteiger partial charge in [0.15, 0.2) is 6.10 Å². The number of methoxy groups -OCH3 is 1. The van der Waals surface area contributed by atoms with Crippen molar-refractivity contribution in [2.45, 2.75) is 31.3 Å². The number of halogens is 1. The predicted molar refractivity (Wildman–Crippen MR) is 112 cm³/mol. The van der Waals surface area contributed by atoms with Gasteiger partial charge in [-0.2, -0.15) is 0 Å². The van der Waals surface area contributed by atoms with E-state index in [9.17, 15) is 4.79 Å². The van der Waals surface area contributed by atoms with Crippen molar-refractivity contribution >= 4 is 21.8 Å². The lowest BCUT2D eigenvalue weighted by atomic mass is 9.74. The lowest BCUT2D eigenvalue weighted by molar-refractivity contribution is -0.127. The number of benzene rings is 2. The van der Waals surface area contributed by atoms with E-state index < -0.39 is 6.10 Å². The van der Waals surface area contributed by atoms with Crippen LogP contribution in [-0.4, -0.2) is 38.9 Å². The van der Waals surface area contributed by atoms with Gasteiger partial charge < -0.3 is 19.5 Å². The second-order valence-corrected chi connectivity index (χ2v) is 7.97. The monoisotopic (exact) mass is 447 g/mol. The van der Waals surface area contributed by atoms with Gasteiger partial charge in [0.2, 0.25) is 0 Å². The summed E-state index contributed by atoms with van der Waals surface area (Å²) in [4.78, 5) is 12.7. The number of amides is 1. The molecular formula is C22H26BrNO4. The van der Waals surface area contributed by atoms with Crippen LogP contribution in [0.1, 0.15) is 25.3 Å². The quantitative estimate of drug-likeness (QED) is 0.694. The van der Waals surface area contributed by atoms with Gasteiger partial charge in [-0.3, -0.25) is 4.79 Å². The van der Waals surface area contributed by atoms with Crippen LogP contribution in [0.15, 0.2) is 53.0 Å². The van der Waals surface area contributed by atoms with E-state index in [1.807, 2.05) is 24.3 Å². The van der Waals surface area contributed by atoms with Gasteiger partial charge in [0.05, 0.1) is 7.11 Å². The molecule has 1 saturated heterocycles. The predicted octanol–water partition coefficient (Wildman–Crippen LogP) is 4.09. The maximum atomic E-state index is 12.7. The molecule has 6 heteroatoms. The molecule has 0 aromatic heterocycles. The number of hydrogen-bond donors (Lipinski definition) is 1. The first-order valence-electron chi connectivity index (χ1n) is 9.45. The van der Waals surface area contributed by atoms with E-state index in [0.29, 0.717) is 25.5 Å². The Morgan fingerprint density at radius 3 is 2.50 bits per heavy atom. The van der Waals surface area contributed by atoms with Crippen LogP contribution in [-0.2, 0) is 14.9 Å². The highest BCUT2D eigenvalue weighted by molar-refractivity contribution is 9.10. The van der Waals surface area contributed by atoms with Gasteiger partial charge in [0.1, 0.15) is 11.5 Å². The van der Waals surface area contributed by atoms with Crippen molar-refractivity contribution in [3.8, 4) is 11.5 Å². The molecule has 28 heavy (non-hydrogen) atoms. The fourth-order valence-corrected chi connectivity index (χ4v) is 3.86. The van der Waals surface area contributed by atoms with Crippen molar-refractivity contribution in [2.24, 2.45) is 0 Å². The maximum Gasteiger partial charge on any atom is 0.260 e. The van der Waals surface area contributed by atoms with E-state index in [-0.39, 0.29) is 11.3 Å². The first kappa shape index (κ1) is 20.7. The van der Waals surface area contributed by atoms with Crippen LogP contribution in [0, 0.1) is 0 Å².